The molecule has 0 bridgehead atoms. The van der Waals surface area contributed by atoms with Crippen LogP contribution in [0.4, 0.5) is 0 Å². The number of amides is 1. The number of fused-ring (bicyclic) bond motifs is 1. The number of para-hydroxylation sites is 1. The highest BCUT2D eigenvalue weighted by Gasteiger charge is 2.25. The Kier molecular flexibility index (Phi) is 6.04. The predicted molar refractivity (Wildman–Crippen MR) is 102 cm³/mol. The van der Waals surface area contributed by atoms with Gasteiger partial charge in [0.05, 0.1) is 16.3 Å². The van der Waals surface area contributed by atoms with Crippen molar-refractivity contribution in [2.24, 2.45) is 5.73 Å². The van der Waals surface area contributed by atoms with Crippen LogP contribution >= 0.6 is 11.3 Å². The van der Waals surface area contributed by atoms with Gasteiger partial charge >= 0.3 is 0 Å². The maximum absolute atomic E-state index is 13.0. The Morgan fingerprint density at radius 2 is 1.88 bits per heavy atom. The van der Waals surface area contributed by atoms with E-state index in [0.29, 0.717) is 23.5 Å². The first kappa shape index (κ1) is 18.2. The number of hydrogen-bond donors (Lipinski definition) is 2. The number of nitrogens with zero attached hydrogens (tertiary/aromatic N) is 2. The summed E-state index contributed by atoms with van der Waals surface area (Å²) >= 11 is 1.35. The van der Waals surface area contributed by atoms with Crippen molar-refractivity contribution in [2.75, 3.05) is 6.54 Å². The van der Waals surface area contributed by atoms with Crippen LogP contribution in [0.25, 0.3) is 10.2 Å². The van der Waals surface area contributed by atoms with Crippen LogP contribution in [0.3, 0.4) is 0 Å². The van der Waals surface area contributed by atoms with E-state index in [-0.39, 0.29) is 11.7 Å². The molecule has 1 atom stereocenters. The smallest absolute Gasteiger partial charge is 0.251 e. The van der Waals surface area contributed by atoms with Gasteiger partial charge in [0.25, 0.3) is 5.91 Å². The Bertz CT molecular complexity index is 862. The summed E-state index contributed by atoms with van der Waals surface area (Å²) in [6.45, 7) is 0.556. The highest BCUT2D eigenvalue weighted by molar-refractivity contribution is 7.20. The molecular formula is C19H20N4O2S. The third-order valence-electron chi connectivity index (χ3n) is 4.02. The maximum Gasteiger partial charge on any atom is 0.251 e. The Labute approximate surface area is 155 Å². The SMILES string of the molecule is NCCCCC(NC(=O)c1ccncc1)C(=O)c1nc2ccccc2s1. The zero-order chi connectivity index (χ0) is 18.4. The van der Waals surface area contributed by atoms with Gasteiger partial charge in [-0.15, -0.1) is 11.3 Å². The summed E-state index contributed by atoms with van der Waals surface area (Å²) < 4.78 is 0.956. The molecule has 0 saturated heterocycles. The number of pyridine rings is 1. The minimum atomic E-state index is -0.622. The second-order valence-electron chi connectivity index (χ2n) is 5.90. The molecule has 1 amide bonds. The molecule has 0 spiro atoms. The molecule has 1 aromatic carbocycles. The molecule has 0 radical (unpaired) electrons. The number of benzene rings is 1. The lowest BCUT2D eigenvalue weighted by Crippen LogP contribution is -2.41. The predicted octanol–water partition coefficient (Wildman–Crippen LogP) is 2.80. The molecular weight excluding hydrogens is 348 g/mol. The highest BCUT2D eigenvalue weighted by Crippen LogP contribution is 2.23. The van der Waals surface area contributed by atoms with E-state index in [2.05, 4.69) is 15.3 Å². The average Bonchev–Trinajstić information content (AvgIpc) is 3.11. The van der Waals surface area contributed by atoms with Gasteiger partial charge in [-0.1, -0.05) is 12.1 Å². The van der Waals surface area contributed by atoms with E-state index < -0.39 is 6.04 Å². The van der Waals surface area contributed by atoms with Crippen LogP contribution in [0.5, 0.6) is 0 Å². The summed E-state index contributed by atoms with van der Waals surface area (Å²) in [5.74, 6) is -0.453. The molecule has 6 nitrogen and oxygen atoms in total. The summed E-state index contributed by atoms with van der Waals surface area (Å²) in [5, 5.41) is 3.26. The van der Waals surface area contributed by atoms with Gasteiger partial charge in [-0.2, -0.15) is 0 Å². The Morgan fingerprint density at radius 1 is 1.12 bits per heavy atom. The summed E-state index contributed by atoms with van der Waals surface area (Å²) in [7, 11) is 0. The summed E-state index contributed by atoms with van der Waals surface area (Å²) in [5.41, 5.74) is 6.82. The number of Topliss-reactive ketones (excluding diaryl/α,β-unsaturated/α-hetero) is 1. The maximum atomic E-state index is 13.0. The molecule has 2 heterocycles. The number of carbonyl (C=O) groups excluding carboxylic acids is 2. The molecule has 26 heavy (non-hydrogen) atoms. The molecule has 0 saturated carbocycles. The zero-order valence-electron chi connectivity index (χ0n) is 14.2. The molecule has 2 aromatic heterocycles. The normalized spacial score (nSPS) is 12.0. The van der Waals surface area contributed by atoms with Crippen LogP contribution < -0.4 is 11.1 Å². The van der Waals surface area contributed by atoms with Gasteiger partial charge in [0.2, 0.25) is 5.78 Å². The average molecular weight is 368 g/mol. The monoisotopic (exact) mass is 368 g/mol. The van der Waals surface area contributed by atoms with Crippen molar-refractivity contribution in [2.45, 2.75) is 25.3 Å². The largest absolute Gasteiger partial charge is 0.342 e. The number of carbonyl (C=O) groups is 2. The van der Waals surface area contributed by atoms with Gasteiger partial charge in [-0.3, -0.25) is 14.6 Å². The van der Waals surface area contributed by atoms with Crippen LogP contribution in [-0.4, -0.2) is 34.2 Å². The van der Waals surface area contributed by atoms with Crippen LogP contribution in [0.1, 0.15) is 39.4 Å². The van der Waals surface area contributed by atoms with Crippen molar-refractivity contribution < 1.29 is 9.59 Å². The number of aromatic nitrogens is 2. The lowest BCUT2D eigenvalue weighted by Gasteiger charge is -2.16. The van der Waals surface area contributed by atoms with E-state index in [9.17, 15) is 9.59 Å². The minimum absolute atomic E-state index is 0.161. The molecule has 3 aromatic rings. The van der Waals surface area contributed by atoms with Crippen LogP contribution in [0.2, 0.25) is 0 Å². The number of nitrogens with two attached hydrogens (primary N) is 1. The number of thiazole rings is 1. The summed E-state index contributed by atoms with van der Waals surface area (Å²) in [6, 6.07) is 10.2. The van der Waals surface area contributed by atoms with Crippen LogP contribution in [0, 0.1) is 0 Å². The molecule has 134 valence electrons. The molecule has 3 rings (SSSR count). The van der Waals surface area contributed by atoms with Crippen molar-refractivity contribution in [3.63, 3.8) is 0 Å². The lowest BCUT2D eigenvalue weighted by molar-refractivity contribution is 0.0851. The van der Waals surface area contributed by atoms with Crippen molar-refractivity contribution >= 4 is 33.2 Å². The van der Waals surface area contributed by atoms with Crippen LogP contribution in [-0.2, 0) is 0 Å². The van der Waals surface area contributed by atoms with Gasteiger partial charge in [0.1, 0.15) is 0 Å². The lowest BCUT2D eigenvalue weighted by atomic mass is 10.0. The molecule has 7 heteroatoms. The minimum Gasteiger partial charge on any atom is -0.342 e. The van der Waals surface area contributed by atoms with Gasteiger partial charge in [-0.05, 0) is 50.1 Å². The fourth-order valence-electron chi connectivity index (χ4n) is 2.63. The zero-order valence-corrected chi connectivity index (χ0v) is 15.0. The van der Waals surface area contributed by atoms with E-state index in [0.717, 1.165) is 23.1 Å². The number of hydrogen-bond acceptors (Lipinski definition) is 6. The van der Waals surface area contributed by atoms with E-state index in [1.165, 1.54) is 11.3 Å². The van der Waals surface area contributed by atoms with E-state index in [4.69, 9.17) is 5.73 Å². The molecule has 3 N–H and O–H groups in total. The first-order valence-corrected chi connectivity index (χ1v) is 9.31. The van der Waals surface area contributed by atoms with Crippen molar-refractivity contribution in [3.05, 3.63) is 59.4 Å². The fraction of sp³-hybridized carbons (Fsp3) is 0.263. The molecule has 0 aliphatic carbocycles. The number of nitrogens with one attached hydrogen (secondary N) is 1. The Morgan fingerprint density at radius 3 is 2.62 bits per heavy atom. The number of rotatable bonds is 8. The highest BCUT2D eigenvalue weighted by atomic mass is 32.1. The second kappa shape index (κ2) is 8.64. The molecule has 1 unspecified atom stereocenters. The molecule has 0 aliphatic heterocycles. The van der Waals surface area contributed by atoms with Crippen LogP contribution in [0.15, 0.2) is 48.8 Å². The summed E-state index contributed by atoms with van der Waals surface area (Å²) in [4.78, 5) is 33.8. The third-order valence-corrected chi connectivity index (χ3v) is 5.07. The van der Waals surface area contributed by atoms with Crippen molar-refractivity contribution in [1.29, 1.82) is 0 Å². The fourth-order valence-corrected chi connectivity index (χ4v) is 3.59. The number of unbranched alkanes of at least 4 members (excludes halogenated alkanes) is 1. The van der Waals surface area contributed by atoms with E-state index in [1.54, 1.807) is 24.5 Å². The quantitative estimate of drug-likeness (QED) is 0.471. The first-order valence-electron chi connectivity index (χ1n) is 8.50. The standard InChI is InChI=1S/C19H20N4O2S/c20-10-4-3-6-15(22-18(25)13-8-11-21-12-9-13)17(24)19-23-14-5-1-2-7-16(14)26-19/h1-2,5,7-9,11-12,15H,3-4,6,10,20H2,(H,22,25). The Balaban J connectivity index is 1.80. The van der Waals surface area contributed by atoms with Crippen molar-refractivity contribution in [3.8, 4) is 0 Å². The van der Waals surface area contributed by atoms with E-state index in [1.807, 2.05) is 24.3 Å². The van der Waals surface area contributed by atoms with Crippen molar-refractivity contribution in [1.82, 2.24) is 15.3 Å². The molecule has 0 fully saturated rings. The van der Waals surface area contributed by atoms with Gasteiger partial charge in [0.15, 0.2) is 5.01 Å². The third kappa shape index (κ3) is 4.30. The first-order chi connectivity index (χ1) is 12.7. The van der Waals surface area contributed by atoms with E-state index >= 15 is 0 Å². The Hall–Kier alpha value is -2.64. The molecule has 0 aliphatic rings. The van der Waals surface area contributed by atoms with Gasteiger partial charge in [-0.25, -0.2) is 4.98 Å². The van der Waals surface area contributed by atoms with Gasteiger partial charge < -0.3 is 11.1 Å². The topological polar surface area (TPSA) is 98.0 Å². The van der Waals surface area contributed by atoms with Gasteiger partial charge in [0, 0.05) is 18.0 Å². The number of ketones is 1. The second-order valence-corrected chi connectivity index (χ2v) is 6.93. The summed E-state index contributed by atoms with van der Waals surface area (Å²) in [6.07, 6.45) is 5.19.